The second-order valence-corrected chi connectivity index (χ2v) is 7.64. The zero-order valence-corrected chi connectivity index (χ0v) is 18.8. The maximum atomic E-state index is 12.2. The van der Waals surface area contributed by atoms with Gasteiger partial charge in [0.25, 0.3) is 5.91 Å². The molecule has 0 aromatic carbocycles. The van der Waals surface area contributed by atoms with Crippen LogP contribution in [0.1, 0.15) is 49.9 Å². The van der Waals surface area contributed by atoms with Gasteiger partial charge in [0.05, 0.1) is 13.2 Å². The van der Waals surface area contributed by atoms with Gasteiger partial charge in [-0.2, -0.15) is 0 Å². The average Bonchev–Trinajstić information content (AvgIpc) is 3.19. The second kappa shape index (κ2) is 15.1. The first kappa shape index (κ1) is 25.2. The van der Waals surface area contributed by atoms with E-state index in [1.807, 2.05) is 13.0 Å². The number of thioether (sulfide) groups is 1. The molecule has 0 aliphatic heterocycles. The predicted octanol–water partition coefficient (Wildman–Crippen LogP) is 4.75. The lowest BCUT2D eigenvalue weighted by Crippen LogP contribution is -2.30. The van der Waals surface area contributed by atoms with Crippen LogP contribution in [0.3, 0.4) is 0 Å². The minimum absolute atomic E-state index is 0.234. The van der Waals surface area contributed by atoms with Crippen LogP contribution < -0.4 is 5.32 Å². The van der Waals surface area contributed by atoms with Crippen molar-refractivity contribution in [2.75, 3.05) is 32.6 Å². The van der Waals surface area contributed by atoms with Gasteiger partial charge in [-0.25, -0.2) is 0 Å². The van der Waals surface area contributed by atoms with Crippen molar-refractivity contribution in [1.82, 2.24) is 10.5 Å². The SMILES string of the molecule is C=C/C=C(\C=C(/CC)SC)COCc1cc(C(=O)NCC(C)COCCC)no1. The average molecular weight is 423 g/mol. The normalized spacial score (nSPS) is 13.4. The molecule has 6 nitrogen and oxygen atoms in total. The molecule has 1 heterocycles. The summed E-state index contributed by atoms with van der Waals surface area (Å²) in [6.45, 7) is 12.5. The van der Waals surface area contributed by atoms with Crippen LogP contribution in [0.25, 0.3) is 0 Å². The molecule has 1 aromatic heterocycles. The number of carbonyl (C=O) groups excluding carboxylic acids is 1. The van der Waals surface area contributed by atoms with Crippen molar-refractivity contribution in [2.45, 2.75) is 40.2 Å². The largest absolute Gasteiger partial charge is 0.381 e. The van der Waals surface area contributed by atoms with Crippen molar-refractivity contribution in [1.29, 1.82) is 0 Å². The topological polar surface area (TPSA) is 73.6 Å². The molecule has 1 aromatic rings. The van der Waals surface area contributed by atoms with Crippen LogP contribution >= 0.6 is 11.8 Å². The Morgan fingerprint density at radius 2 is 2.21 bits per heavy atom. The van der Waals surface area contributed by atoms with E-state index in [4.69, 9.17) is 14.0 Å². The number of allylic oxidation sites excluding steroid dienone is 3. The fraction of sp³-hybridized carbons (Fsp3) is 0.545. The maximum Gasteiger partial charge on any atom is 0.273 e. The predicted molar refractivity (Wildman–Crippen MR) is 119 cm³/mol. The summed E-state index contributed by atoms with van der Waals surface area (Å²) >= 11 is 1.72. The Morgan fingerprint density at radius 1 is 1.41 bits per heavy atom. The van der Waals surface area contributed by atoms with Gasteiger partial charge in [0.1, 0.15) is 6.61 Å². The van der Waals surface area contributed by atoms with Gasteiger partial charge in [-0.1, -0.05) is 44.7 Å². The smallest absolute Gasteiger partial charge is 0.273 e. The van der Waals surface area contributed by atoms with Gasteiger partial charge in [0, 0.05) is 19.2 Å². The third-order valence-corrected chi connectivity index (χ3v) is 4.89. The maximum absolute atomic E-state index is 12.2. The highest BCUT2D eigenvalue weighted by atomic mass is 32.2. The molecular weight excluding hydrogens is 388 g/mol. The van der Waals surface area contributed by atoms with Gasteiger partial charge in [-0.15, -0.1) is 11.8 Å². The molecule has 0 saturated heterocycles. The van der Waals surface area contributed by atoms with E-state index in [1.165, 1.54) is 4.91 Å². The lowest BCUT2D eigenvalue weighted by atomic mass is 10.2. The Labute approximate surface area is 178 Å². The van der Waals surface area contributed by atoms with Crippen LogP contribution in [0.15, 0.2) is 45.9 Å². The molecule has 7 heteroatoms. The van der Waals surface area contributed by atoms with E-state index >= 15 is 0 Å². The first-order chi connectivity index (χ1) is 14.0. The Morgan fingerprint density at radius 3 is 2.86 bits per heavy atom. The van der Waals surface area contributed by atoms with Crippen LogP contribution in [0.4, 0.5) is 0 Å². The number of aromatic nitrogens is 1. The van der Waals surface area contributed by atoms with Crippen LogP contribution in [0.2, 0.25) is 0 Å². The van der Waals surface area contributed by atoms with Crippen molar-refractivity contribution < 1.29 is 18.8 Å². The molecule has 0 aliphatic rings. The highest BCUT2D eigenvalue weighted by Gasteiger charge is 2.14. The third kappa shape index (κ3) is 10.5. The van der Waals surface area contributed by atoms with Crippen molar-refractivity contribution in [3.8, 4) is 0 Å². The number of rotatable bonds is 15. The Balaban J connectivity index is 2.46. The first-order valence-electron chi connectivity index (χ1n) is 9.99. The van der Waals surface area contributed by atoms with Crippen LogP contribution in [0.5, 0.6) is 0 Å². The van der Waals surface area contributed by atoms with Crippen LogP contribution in [-0.2, 0) is 16.1 Å². The quantitative estimate of drug-likeness (QED) is 0.325. The Hall–Kier alpha value is -1.83. The van der Waals surface area contributed by atoms with E-state index in [0.717, 1.165) is 25.0 Å². The van der Waals surface area contributed by atoms with Crippen molar-refractivity contribution >= 4 is 17.7 Å². The number of hydrogen-bond donors (Lipinski definition) is 1. The van der Waals surface area contributed by atoms with E-state index in [0.29, 0.717) is 25.5 Å². The van der Waals surface area contributed by atoms with E-state index in [9.17, 15) is 4.79 Å². The minimum Gasteiger partial charge on any atom is -0.381 e. The number of amides is 1. The van der Waals surface area contributed by atoms with Crippen molar-refractivity contribution in [2.24, 2.45) is 5.92 Å². The van der Waals surface area contributed by atoms with Crippen molar-refractivity contribution in [3.05, 3.63) is 52.8 Å². The number of ether oxygens (including phenoxy) is 2. The fourth-order valence-electron chi connectivity index (χ4n) is 2.40. The van der Waals surface area contributed by atoms with Crippen LogP contribution in [-0.4, -0.2) is 43.7 Å². The number of hydrogen-bond acceptors (Lipinski definition) is 6. The molecule has 1 atom stereocenters. The molecule has 0 aliphatic carbocycles. The molecule has 1 rings (SSSR count). The second-order valence-electron chi connectivity index (χ2n) is 6.71. The van der Waals surface area contributed by atoms with Gasteiger partial charge in [0.15, 0.2) is 11.5 Å². The Bertz CT molecular complexity index is 676. The van der Waals surface area contributed by atoms with Crippen molar-refractivity contribution in [3.63, 3.8) is 0 Å². The van der Waals surface area contributed by atoms with Gasteiger partial charge < -0.3 is 19.3 Å². The standard InChI is InChI=1S/C22H34N2O4S/c1-6-9-18(11-20(8-3)29-5)15-27-16-19-12-21(24-28-19)22(25)23-13-17(4)14-26-10-7-2/h6,9,11-12,17H,1,7-8,10,13-16H2,2-5H3,(H,23,25)/b18-9+,20-11+. The third-order valence-electron chi connectivity index (χ3n) is 3.96. The van der Waals surface area contributed by atoms with Gasteiger partial charge in [-0.3, -0.25) is 4.79 Å². The molecule has 0 saturated carbocycles. The lowest BCUT2D eigenvalue weighted by molar-refractivity contribution is 0.0885. The van der Waals surface area contributed by atoms with Crippen LogP contribution in [0, 0.1) is 5.92 Å². The Kier molecular flexibility index (Phi) is 13.1. The molecular formula is C22H34N2O4S. The van der Waals surface area contributed by atoms with Gasteiger partial charge >= 0.3 is 0 Å². The molecule has 0 fully saturated rings. The molecule has 29 heavy (non-hydrogen) atoms. The molecule has 162 valence electrons. The fourth-order valence-corrected chi connectivity index (χ4v) is 2.96. The van der Waals surface area contributed by atoms with Gasteiger partial charge in [0.2, 0.25) is 0 Å². The number of carbonyl (C=O) groups is 1. The van der Waals surface area contributed by atoms with E-state index in [1.54, 1.807) is 23.9 Å². The highest BCUT2D eigenvalue weighted by molar-refractivity contribution is 8.02. The molecule has 0 bridgehead atoms. The van der Waals surface area contributed by atoms with E-state index in [2.05, 4.69) is 43.2 Å². The summed E-state index contributed by atoms with van der Waals surface area (Å²) in [5, 5.41) is 6.69. The minimum atomic E-state index is -0.259. The zero-order valence-electron chi connectivity index (χ0n) is 18.0. The summed E-state index contributed by atoms with van der Waals surface area (Å²) in [7, 11) is 0. The summed E-state index contributed by atoms with van der Waals surface area (Å²) in [5.41, 5.74) is 1.28. The highest BCUT2D eigenvalue weighted by Crippen LogP contribution is 2.18. The van der Waals surface area contributed by atoms with E-state index in [-0.39, 0.29) is 24.1 Å². The molecule has 0 radical (unpaired) electrons. The lowest BCUT2D eigenvalue weighted by Gasteiger charge is -2.11. The molecule has 0 spiro atoms. The molecule has 1 unspecified atom stereocenters. The van der Waals surface area contributed by atoms with Gasteiger partial charge in [-0.05, 0) is 41.6 Å². The van der Waals surface area contributed by atoms with E-state index < -0.39 is 0 Å². The number of nitrogens with zero attached hydrogens (tertiary/aromatic N) is 1. The zero-order chi connectivity index (χ0) is 21.5. The first-order valence-corrected chi connectivity index (χ1v) is 11.2. The summed E-state index contributed by atoms with van der Waals surface area (Å²) in [6.07, 6.45) is 9.80. The molecule has 1 amide bonds. The summed E-state index contributed by atoms with van der Waals surface area (Å²) in [6, 6.07) is 1.61. The summed E-state index contributed by atoms with van der Waals surface area (Å²) in [5.74, 6) is 0.486. The summed E-state index contributed by atoms with van der Waals surface area (Å²) in [4.78, 5) is 13.5. The summed E-state index contributed by atoms with van der Waals surface area (Å²) < 4.78 is 16.4. The number of nitrogens with one attached hydrogen (secondary N) is 1. The molecule has 1 N–H and O–H groups in total. The monoisotopic (exact) mass is 422 g/mol.